The predicted octanol–water partition coefficient (Wildman–Crippen LogP) is 1.73. The highest BCUT2D eigenvalue weighted by atomic mass is 32.2. The molecule has 6 heteroatoms. The summed E-state index contributed by atoms with van der Waals surface area (Å²) in [6.07, 6.45) is 0. The van der Waals surface area contributed by atoms with Gasteiger partial charge in [-0.05, 0) is 24.6 Å². The van der Waals surface area contributed by atoms with Crippen LogP contribution in [0.4, 0.5) is 0 Å². The maximum absolute atomic E-state index is 12.5. The lowest BCUT2D eigenvalue weighted by Gasteiger charge is -2.20. The Kier molecular flexibility index (Phi) is 5.30. The van der Waals surface area contributed by atoms with Crippen LogP contribution in [0.2, 0.25) is 0 Å². The van der Waals surface area contributed by atoms with Gasteiger partial charge in [0.2, 0.25) is 10.0 Å². The lowest BCUT2D eigenvalue weighted by Crippen LogP contribution is -2.31. The smallest absolute Gasteiger partial charge is 0.253 e. The highest BCUT2D eigenvalue weighted by Gasteiger charge is 2.23. The summed E-state index contributed by atoms with van der Waals surface area (Å²) in [5, 5.41) is 0. The molecule has 0 aliphatic carbocycles. The van der Waals surface area contributed by atoms with Crippen LogP contribution in [-0.4, -0.2) is 50.7 Å². The molecule has 1 rings (SSSR count). The van der Waals surface area contributed by atoms with Crippen molar-refractivity contribution in [2.24, 2.45) is 0 Å². The fraction of sp³-hybridized carbons (Fsp3) is 0.500. The average molecular weight is 298 g/mol. The highest BCUT2D eigenvalue weighted by molar-refractivity contribution is 7.89. The first-order valence-electron chi connectivity index (χ1n) is 6.58. The van der Waals surface area contributed by atoms with Gasteiger partial charge in [0, 0.05) is 32.7 Å². The molecule has 0 heterocycles. The summed E-state index contributed by atoms with van der Waals surface area (Å²) in [6.45, 7) is 6.19. The van der Waals surface area contributed by atoms with Gasteiger partial charge in [0.05, 0.1) is 4.90 Å². The van der Waals surface area contributed by atoms with Crippen LogP contribution >= 0.6 is 0 Å². The summed E-state index contributed by atoms with van der Waals surface area (Å²) in [5.41, 5.74) is 1.19. The van der Waals surface area contributed by atoms with Gasteiger partial charge in [0.25, 0.3) is 5.91 Å². The summed E-state index contributed by atoms with van der Waals surface area (Å²) in [4.78, 5) is 13.7. The molecule has 0 aromatic heterocycles. The lowest BCUT2D eigenvalue weighted by atomic mass is 10.1. The molecular formula is C14H22N2O3S. The number of hydrogen-bond donors (Lipinski definition) is 0. The predicted molar refractivity (Wildman–Crippen MR) is 79.3 cm³/mol. The topological polar surface area (TPSA) is 57.7 Å². The number of sulfonamides is 1. The Balaban J connectivity index is 3.36. The summed E-state index contributed by atoms with van der Waals surface area (Å²) >= 11 is 0. The van der Waals surface area contributed by atoms with E-state index in [0.29, 0.717) is 18.7 Å². The van der Waals surface area contributed by atoms with Crippen LogP contribution in [0.15, 0.2) is 23.1 Å². The maximum atomic E-state index is 12.5. The third-order valence-corrected chi connectivity index (χ3v) is 5.23. The largest absolute Gasteiger partial charge is 0.345 e. The zero-order valence-electron chi connectivity index (χ0n) is 12.7. The van der Waals surface area contributed by atoms with Gasteiger partial charge in [-0.15, -0.1) is 0 Å². The molecule has 0 aliphatic heterocycles. The van der Waals surface area contributed by atoms with Gasteiger partial charge in [0.15, 0.2) is 0 Å². The number of benzene rings is 1. The van der Waals surface area contributed by atoms with Crippen molar-refractivity contribution < 1.29 is 13.2 Å². The van der Waals surface area contributed by atoms with E-state index in [9.17, 15) is 13.2 Å². The van der Waals surface area contributed by atoms with Crippen molar-refractivity contribution in [2.45, 2.75) is 25.7 Å². The highest BCUT2D eigenvalue weighted by Crippen LogP contribution is 2.20. The monoisotopic (exact) mass is 298 g/mol. The average Bonchev–Trinajstić information content (AvgIpc) is 2.39. The minimum Gasteiger partial charge on any atom is -0.345 e. The van der Waals surface area contributed by atoms with Crippen molar-refractivity contribution in [1.82, 2.24) is 9.21 Å². The van der Waals surface area contributed by atoms with Crippen LogP contribution in [-0.2, 0) is 10.0 Å². The van der Waals surface area contributed by atoms with Gasteiger partial charge in [0.1, 0.15) is 0 Å². The van der Waals surface area contributed by atoms with Gasteiger partial charge >= 0.3 is 0 Å². The quantitative estimate of drug-likeness (QED) is 0.832. The molecule has 0 saturated heterocycles. The van der Waals surface area contributed by atoms with E-state index in [2.05, 4.69) is 0 Å². The minimum absolute atomic E-state index is 0.164. The Morgan fingerprint density at radius 2 is 1.70 bits per heavy atom. The van der Waals surface area contributed by atoms with E-state index in [1.807, 2.05) is 0 Å². The second-order valence-corrected chi connectivity index (χ2v) is 6.70. The molecule has 0 N–H and O–H groups in total. The molecule has 0 aliphatic rings. The second-order valence-electron chi connectivity index (χ2n) is 4.77. The second kappa shape index (κ2) is 6.37. The first-order valence-corrected chi connectivity index (χ1v) is 8.02. The molecule has 112 valence electrons. The lowest BCUT2D eigenvalue weighted by molar-refractivity contribution is 0.0826. The molecule has 20 heavy (non-hydrogen) atoms. The zero-order valence-corrected chi connectivity index (χ0v) is 13.5. The van der Waals surface area contributed by atoms with Crippen molar-refractivity contribution in [1.29, 1.82) is 0 Å². The molecule has 0 radical (unpaired) electrons. The zero-order chi connectivity index (χ0) is 15.5. The van der Waals surface area contributed by atoms with Gasteiger partial charge < -0.3 is 4.90 Å². The summed E-state index contributed by atoms with van der Waals surface area (Å²) in [6, 6.07) is 4.69. The molecular weight excluding hydrogens is 276 g/mol. The molecule has 0 bridgehead atoms. The van der Waals surface area contributed by atoms with Gasteiger partial charge in [-0.25, -0.2) is 8.42 Å². The SMILES string of the molecule is CCN(CC)S(=O)(=O)c1ccc(C)c(C(=O)N(C)C)c1. The number of amides is 1. The first kappa shape index (κ1) is 16.7. The minimum atomic E-state index is -3.54. The molecule has 0 fully saturated rings. The Morgan fingerprint density at radius 3 is 2.15 bits per heavy atom. The van der Waals surface area contributed by atoms with Crippen LogP contribution in [0.5, 0.6) is 0 Å². The number of carbonyl (C=O) groups is 1. The van der Waals surface area contributed by atoms with Gasteiger partial charge in [-0.3, -0.25) is 4.79 Å². The fourth-order valence-corrected chi connectivity index (χ4v) is 3.43. The molecule has 0 saturated carbocycles. The van der Waals surface area contributed by atoms with E-state index in [-0.39, 0.29) is 10.8 Å². The van der Waals surface area contributed by atoms with Crippen molar-refractivity contribution in [2.75, 3.05) is 27.2 Å². The summed E-state index contributed by atoms with van der Waals surface area (Å²) < 4.78 is 26.3. The molecule has 0 spiro atoms. The normalized spacial score (nSPS) is 11.7. The molecule has 1 amide bonds. The molecule has 5 nitrogen and oxygen atoms in total. The summed E-state index contributed by atoms with van der Waals surface area (Å²) in [5.74, 6) is -0.195. The van der Waals surface area contributed by atoms with Gasteiger partial charge in [-0.2, -0.15) is 4.31 Å². The third kappa shape index (κ3) is 3.19. The Labute approximate surface area is 121 Å². The van der Waals surface area contributed by atoms with Crippen molar-refractivity contribution in [3.8, 4) is 0 Å². The maximum Gasteiger partial charge on any atom is 0.253 e. The van der Waals surface area contributed by atoms with Gasteiger partial charge in [-0.1, -0.05) is 19.9 Å². The van der Waals surface area contributed by atoms with Crippen molar-refractivity contribution >= 4 is 15.9 Å². The number of hydrogen-bond acceptors (Lipinski definition) is 3. The van der Waals surface area contributed by atoms with Crippen molar-refractivity contribution in [3.05, 3.63) is 29.3 Å². The van der Waals surface area contributed by atoms with Crippen LogP contribution in [0, 0.1) is 6.92 Å². The Morgan fingerprint density at radius 1 is 1.15 bits per heavy atom. The van der Waals surface area contributed by atoms with E-state index in [4.69, 9.17) is 0 Å². The molecule has 0 atom stereocenters. The standard InChI is InChI=1S/C14H22N2O3S/c1-6-16(7-2)20(18,19)12-9-8-11(3)13(10-12)14(17)15(4)5/h8-10H,6-7H2,1-5H3. The Hall–Kier alpha value is -1.40. The van der Waals surface area contributed by atoms with E-state index < -0.39 is 10.0 Å². The van der Waals surface area contributed by atoms with E-state index >= 15 is 0 Å². The third-order valence-electron chi connectivity index (χ3n) is 3.19. The number of rotatable bonds is 5. The van der Waals surface area contributed by atoms with Crippen molar-refractivity contribution in [3.63, 3.8) is 0 Å². The first-order chi connectivity index (χ1) is 9.25. The Bertz CT molecular complexity index is 590. The van der Waals surface area contributed by atoms with E-state index in [1.165, 1.54) is 15.3 Å². The molecule has 0 unspecified atom stereocenters. The van der Waals surface area contributed by atoms with Crippen LogP contribution in [0.3, 0.4) is 0 Å². The fourth-order valence-electron chi connectivity index (χ4n) is 1.95. The summed E-state index contributed by atoms with van der Waals surface area (Å²) in [7, 11) is -0.245. The van der Waals surface area contributed by atoms with E-state index in [1.54, 1.807) is 47.0 Å². The molecule has 1 aromatic rings. The van der Waals surface area contributed by atoms with Crippen LogP contribution in [0.1, 0.15) is 29.8 Å². The van der Waals surface area contributed by atoms with Crippen LogP contribution in [0.25, 0.3) is 0 Å². The van der Waals surface area contributed by atoms with E-state index in [0.717, 1.165) is 5.56 Å². The van der Waals surface area contributed by atoms with Crippen LogP contribution < -0.4 is 0 Å². The number of nitrogens with zero attached hydrogens (tertiary/aromatic N) is 2. The number of carbonyl (C=O) groups excluding carboxylic acids is 1. The number of aryl methyl sites for hydroxylation is 1. The molecule has 1 aromatic carbocycles.